The normalized spacial score (nSPS) is 20.2. The number of benzene rings is 2. The first kappa shape index (κ1) is 29.7. The van der Waals surface area contributed by atoms with Crippen LogP contribution < -0.4 is 4.90 Å². The molecule has 0 aromatic heterocycles. The lowest BCUT2D eigenvalue weighted by Gasteiger charge is -2.36. The number of carboxylic acids is 2. The number of morpholine rings is 1. The molecule has 0 radical (unpaired) electrons. The highest BCUT2D eigenvalue weighted by Crippen LogP contribution is 2.37. The number of aldehydes is 1. The number of Topliss-reactive ketones (excluding diaryl/α,β-unsaturated/α-hetero) is 1. The molecule has 3 unspecified atom stereocenters. The minimum atomic E-state index is -1.26. The van der Waals surface area contributed by atoms with Gasteiger partial charge in [0.25, 0.3) is 0 Å². The van der Waals surface area contributed by atoms with E-state index < -0.39 is 23.8 Å². The lowest BCUT2D eigenvalue weighted by molar-refractivity contribution is -0.134. The number of aliphatic carboxylic acids is 2. The van der Waals surface area contributed by atoms with Gasteiger partial charge in [-0.25, -0.2) is 9.59 Å². The summed E-state index contributed by atoms with van der Waals surface area (Å²) in [5.41, 5.74) is 3.43. The number of para-hydroxylation sites is 1. The highest BCUT2D eigenvalue weighted by atomic mass is 16.5. The van der Waals surface area contributed by atoms with E-state index in [2.05, 4.69) is 28.9 Å². The molecule has 39 heavy (non-hydrogen) atoms. The molecule has 2 aromatic rings. The van der Waals surface area contributed by atoms with Crippen LogP contribution in [0.4, 0.5) is 5.69 Å². The number of ether oxygens (including phenoxy) is 2. The van der Waals surface area contributed by atoms with Gasteiger partial charge in [0.1, 0.15) is 12.8 Å². The average molecular weight is 539 g/mol. The summed E-state index contributed by atoms with van der Waals surface area (Å²) in [5, 5.41) is 15.6. The zero-order valence-electron chi connectivity index (χ0n) is 21.8. The van der Waals surface area contributed by atoms with Crippen molar-refractivity contribution in [2.45, 2.75) is 38.0 Å². The highest BCUT2D eigenvalue weighted by Gasteiger charge is 2.43. The van der Waals surface area contributed by atoms with Crippen molar-refractivity contribution in [3.05, 3.63) is 77.9 Å². The summed E-state index contributed by atoms with van der Waals surface area (Å²) in [6, 6.07) is 17.7. The highest BCUT2D eigenvalue weighted by molar-refractivity contribution is 6.27. The molecule has 3 atom stereocenters. The molecule has 208 valence electrons. The second kappa shape index (κ2) is 14.9. The summed E-state index contributed by atoms with van der Waals surface area (Å²) in [5.74, 6) is -2.93. The molecule has 10 heteroatoms. The van der Waals surface area contributed by atoms with E-state index >= 15 is 0 Å². The molecular formula is C29H34N2O8. The van der Waals surface area contributed by atoms with E-state index in [0.29, 0.717) is 44.8 Å². The van der Waals surface area contributed by atoms with Crippen molar-refractivity contribution in [1.29, 1.82) is 0 Å². The van der Waals surface area contributed by atoms with Gasteiger partial charge in [0.15, 0.2) is 6.29 Å². The number of carbonyl (C=O) groups is 4. The zero-order valence-corrected chi connectivity index (χ0v) is 21.8. The van der Waals surface area contributed by atoms with Crippen LogP contribution >= 0.6 is 0 Å². The summed E-state index contributed by atoms with van der Waals surface area (Å²) >= 11 is 0. The molecule has 2 saturated heterocycles. The molecule has 0 amide bonds. The van der Waals surface area contributed by atoms with Crippen molar-refractivity contribution in [3.63, 3.8) is 0 Å². The maximum Gasteiger partial charge on any atom is 0.328 e. The molecule has 2 aliphatic rings. The number of nitrogens with zero attached hydrogens (tertiary/aromatic N) is 2. The smallest absolute Gasteiger partial charge is 0.328 e. The summed E-state index contributed by atoms with van der Waals surface area (Å²) in [6.07, 6.45) is 2.63. The molecule has 2 heterocycles. The van der Waals surface area contributed by atoms with Crippen LogP contribution in [-0.2, 0) is 35.1 Å². The average Bonchev–Trinajstić information content (AvgIpc) is 3.36. The molecule has 0 spiro atoms. The molecule has 2 fully saturated rings. The Morgan fingerprint density at radius 1 is 0.974 bits per heavy atom. The third-order valence-corrected chi connectivity index (χ3v) is 6.64. The molecular weight excluding hydrogens is 504 g/mol. The number of hydrogen-bond acceptors (Lipinski definition) is 8. The number of carboxylic acid groups (broad SMARTS) is 2. The minimum absolute atomic E-state index is 0.0197. The van der Waals surface area contributed by atoms with E-state index in [4.69, 9.17) is 19.7 Å². The molecule has 10 nitrogen and oxygen atoms in total. The summed E-state index contributed by atoms with van der Waals surface area (Å²) in [4.78, 5) is 47.8. The second-order valence-corrected chi connectivity index (χ2v) is 9.10. The molecule has 0 aliphatic carbocycles. The van der Waals surface area contributed by atoms with Gasteiger partial charge in [-0.2, -0.15) is 0 Å². The van der Waals surface area contributed by atoms with Gasteiger partial charge in [0.05, 0.1) is 19.3 Å². The standard InChI is InChI=1S/C25H30N2O4.C4H4O4/c1-2-21(20-10-6-7-11-22(20)26-12-14-30-15-13-26)27-18-31-24(25(27)23(29)17-28)16-19-8-4-3-5-9-19;5-3(6)1-2-4(7)8/h3-11,17,21,24-25H,2,12-16,18H2,1H3;1-2H,(H,5,6)(H,7,8)/b;2-1+. The van der Waals surface area contributed by atoms with Crippen molar-refractivity contribution < 1.29 is 38.9 Å². The maximum atomic E-state index is 12.7. The van der Waals surface area contributed by atoms with Crippen LogP contribution in [0.25, 0.3) is 0 Å². The van der Waals surface area contributed by atoms with Crippen LogP contribution in [0.3, 0.4) is 0 Å². The van der Waals surface area contributed by atoms with E-state index in [0.717, 1.165) is 25.1 Å². The Morgan fingerprint density at radius 2 is 1.59 bits per heavy atom. The largest absolute Gasteiger partial charge is 0.478 e. The van der Waals surface area contributed by atoms with Crippen LogP contribution in [0.5, 0.6) is 0 Å². The quantitative estimate of drug-likeness (QED) is 0.264. The molecule has 2 N–H and O–H groups in total. The number of hydrogen-bond donors (Lipinski definition) is 2. The van der Waals surface area contributed by atoms with Gasteiger partial charge in [0, 0.05) is 43.4 Å². The fourth-order valence-corrected chi connectivity index (χ4v) is 4.92. The van der Waals surface area contributed by atoms with Gasteiger partial charge < -0.3 is 24.6 Å². The van der Waals surface area contributed by atoms with E-state index in [1.807, 2.05) is 42.5 Å². The van der Waals surface area contributed by atoms with Crippen LogP contribution in [0, 0.1) is 0 Å². The molecule has 4 rings (SSSR count). The van der Waals surface area contributed by atoms with Crippen LogP contribution in [-0.4, -0.2) is 84.3 Å². The summed E-state index contributed by atoms with van der Waals surface area (Å²) < 4.78 is 11.6. The summed E-state index contributed by atoms with van der Waals surface area (Å²) in [6.45, 7) is 5.56. The van der Waals surface area contributed by atoms with Crippen molar-refractivity contribution in [1.82, 2.24) is 4.90 Å². The van der Waals surface area contributed by atoms with E-state index in [-0.39, 0.29) is 12.1 Å². The van der Waals surface area contributed by atoms with E-state index in [1.54, 1.807) is 0 Å². The van der Waals surface area contributed by atoms with Crippen LogP contribution in [0.2, 0.25) is 0 Å². The Hall–Kier alpha value is -3.86. The first-order valence-electron chi connectivity index (χ1n) is 12.8. The first-order chi connectivity index (χ1) is 18.8. The lowest BCUT2D eigenvalue weighted by Crippen LogP contribution is -2.45. The molecule has 2 aliphatic heterocycles. The third kappa shape index (κ3) is 8.31. The fraction of sp³-hybridized carbons (Fsp3) is 0.379. The van der Waals surface area contributed by atoms with Gasteiger partial charge in [-0.3, -0.25) is 14.5 Å². The SMILES string of the molecule is CCC(c1ccccc1N1CCOCC1)N1COC(Cc2ccccc2)C1C(=O)C=O.O=C(O)/C=C/C(=O)O. The monoisotopic (exact) mass is 538 g/mol. The second-order valence-electron chi connectivity index (χ2n) is 9.10. The zero-order chi connectivity index (χ0) is 28.2. The Bertz CT molecular complexity index is 1130. The number of anilines is 1. The first-order valence-corrected chi connectivity index (χ1v) is 12.8. The van der Waals surface area contributed by atoms with Gasteiger partial charge in [0.2, 0.25) is 5.78 Å². The Balaban J connectivity index is 0.000000459. The van der Waals surface area contributed by atoms with Crippen molar-refractivity contribution in [2.75, 3.05) is 37.9 Å². The predicted octanol–water partition coefficient (Wildman–Crippen LogP) is 2.72. The van der Waals surface area contributed by atoms with Crippen LogP contribution in [0.1, 0.15) is 30.5 Å². The Kier molecular flexibility index (Phi) is 11.4. The van der Waals surface area contributed by atoms with Crippen LogP contribution in [0.15, 0.2) is 66.7 Å². The molecule has 0 saturated carbocycles. The number of ketones is 1. The molecule has 0 bridgehead atoms. The third-order valence-electron chi connectivity index (χ3n) is 6.64. The van der Waals surface area contributed by atoms with Crippen molar-refractivity contribution in [2.24, 2.45) is 0 Å². The van der Waals surface area contributed by atoms with Gasteiger partial charge in [-0.15, -0.1) is 0 Å². The van der Waals surface area contributed by atoms with Crippen molar-refractivity contribution in [3.8, 4) is 0 Å². The van der Waals surface area contributed by atoms with E-state index in [9.17, 15) is 19.2 Å². The molecule has 2 aromatic carbocycles. The number of rotatable bonds is 10. The Morgan fingerprint density at radius 3 is 2.18 bits per heavy atom. The topological polar surface area (TPSA) is 134 Å². The van der Waals surface area contributed by atoms with Crippen molar-refractivity contribution >= 4 is 29.7 Å². The number of carbonyl (C=O) groups excluding carboxylic acids is 2. The van der Waals surface area contributed by atoms with E-state index in [1.165, 1.54) is 11.3 Å². The summed E-state index contributed by atoms with van der Waals surface area (Å²) in [7, 11) is 0. The maximum absolute atomic E-state index is 12.7. The van der Waals surface area contributed by atoms with Gasteiger partial charge >= 0.3 is 11.9 Å². The predicted molar refractivity (Wildman–Crippen MR) is 144 cm³/mol. The lowest BCUT2D eigenvalue weighted by atomic mass is 9.94. The van der Waals surface area contributed by atoms with Gasteiger partial charge in [-0.1, -0.05) is 55.5 Å². The Labute approximate surface area is 227 Å². The minimum Gasteiger partial charge on any atom is -0.478 e. The fourth-order valence-electron chi connectivity index (χ4n) is 4.92. The van der Waals surface area contributed by atoms with Gasteiger partial charge in [-0.05, 0) is 23.6 Å².